The topological polar surface area (TPSA) is 76.4 Å². The van der Waals surface area contributed by atoms with Crippen LogP contribution in [0.4, 0.5) is 5.69 Å². The maximum Gasteiger partial charge on any atom is 0.259 e. The van der Waals surface area contributed by atoms with E-state index in [0.29, 0.717) is 17.0 Å². The number of ether oxygens (including phenoxy) is 1. The molecule has 2 unspecified atom stereocenters. The van der Waals surface area contributed by atoms with Crippen molar-refractivity contribution >= 4 is 11.6 Å². The van der Waals surface area contributed by atoms with Gasteiger partial charge in [0, 0.05) is 18.4 Å². The maximum atomic E-state index is 12.3. The Labute approximate surface area is 141 Å². The number of hydrogen-bond acceptors (Lipinski definition) is 4. The molecule has 6 heteroatoms. The smallest absolute Gasteiger partial charge is 0.259 e. The molecule has 0 bridgehead atoms. The van der Waals surface area contributed by atoms with Crippen LogP contribution in [-0.2, 0) is 7.05 Å². The van der Waals surface area contributed by atoms with Crippen LogP contribution in [-0.4, -0.2) is 33.0 Å². The van der Waals surface area contributed by atoms with Crippen LogP contribution in [0.25, 0.3) is 0 Å². The Hall–Kier alpha value is -2.34. The van der Waals surface area contributed by atoms with Crippen LogP contribution in [0.3, 0.4) is 0 Å². The van der Waals surface area contributed by atoms with Crippen LogP contribution in [0, 0.1) is 6.92 Å². The quantitative estimate of drug-likeness (QED) is 0.904. The SMILES string of the molecule is Cc1c(C(=O)Nc2ccc(OC3CCCCC3O)cc2)cnn1C. The number of hydrogen-bond donors (Lipinski definition) is 2. The van der Waals surface area contributed by atoms with Gasteiger partial charge in [-0.1, -0.05) is 6.42 Å². The zero-order chi connectivity index (χ0) is 17.1. The van der Waals surface area contributed by atoms with E-state index in [0.717, 1.165) is 31.4 Å². The highest BCUT2D eigenvalue weighted by Crippen LogP contribution is 2.25. The third-order valence-electron chi connectivity index (χ3n) is 4.55. The number of benzene rings is 1. The van der Waals surface area contributed by atoms with E-state index in [4.69, 9.17) is 4.74 Å². The largest absolute Gasteiger partial charge is 0.488 e. The summed E-state index contributed by atoms with van der Waals surface area (Å²) in [6, 6.07) is 7.22. The molecule has 128 valence electrons. The minimum absolute atomic E-state index is 0.141. The standard InChI is InChI=1S/C18H23N3O3/c1-12-15(11-19-21(12)2)18(23)20-13-7-9-14(10-8-13)24-17-6-4-3-5-16(17)22/h7-11,16-17,22H,3-6H2,1-2H3,(H,20,23). The maximum absolute atomic E-state index is 12.3. The van der Waals surface area contributed by atoms with Gasteiger partial charge in [-0.2, -0.15) is 5.10 Å². The number of carbonyl (C=O) groups is 1. The van der Waals surface area contributed by atoms with E-state index >= 15 is 0 Å². The van der Waals surface area contributed by atoms with Gasteiger partial charge in [-0.05, 0) is 50.5 Å². The highest BCUT2D eigenvalue weighted by atomic mass is 16.5. The lowest BCUT2D eigenvalue weighted by molar-refractivity contribution is 0.00688. The molecule has 1 aliphatic carbocycles. The lowest BCUT2D eigenvalue weighted by atomic mass is 9.95. The number of nitrogens with one attached hydrogen (secondary N) is 1. The highest BCUT2D eigenvalue weighted by Gasteiger charge is 2.24. The zero-order valence-corrected chi connectivity index (χ0v) is 14.0. The van der Waals surface area contributed by atoms with Crippen molar-refractivity contribution in [2.45, 2.75) is 44.8 Å². The summed E-state index contributed by atoms with van der Waals surface area (Å²) in [5.74, 6) is 0.522. The number of rotatable bonds is 4. The fraction of sp³-hybridized carbons (Fsp3) is 0.444. The lowest BCUT2D eigenvalue weighted by Crippen LogP contribution is -2.34. The van der Waals surface area contributed by atoms with Crippen LogP contribution < -0.4 is 10.1 Å². The monoisotopic (exact) mass is 329 g/mol. The molecule has 1 aliphatic rings. The Morgan fingerprint density at radius 3 is 2.62 bits per heavy atom. The Morgan fingerprint density at radius 2 is 2.00 bits per heavy atom. The molecule has 0 spiro atoms. The van der Waals surface area contributed by atoms with E-state index in [9.17, 15) is 9.90 Å². The predicted octanol–water partition coefficient (Wildman–Crippen LogP) is 2.66. The van der Waals surface area contributed by atoms with E-state index in [1.54, 1.807) is 30.1 Å². The first-order chi connectivity index (χ1) is 11.5. The van der Waals surface area contributed by atoms with Crippen molar-refractivity contribution in [1.29, 1.82) is 0 Å². The highest BCUT2D eigenvalue weighted by molar-refractivity contribution is 6.04. The number of anilines is 1. The van der Waals surface area contributed by atoms with Crippen molar-refractivity contribution in [1.82, 2.24) is 9.78 Å². The Bertz CT molecular complexity index is 709. The first-order valence-electron chi connectivity index (χ1n) is 8.29. The Morgan fingerprint density at radius 1 is 1.29 bits per heavy atom. The number of aryl methyl sites for hydroxylation is 1. The van der Waals surface area contributed by atoms with Gasteiger partial charge < -0.3 is 15.2 Å². The summed E-state index contributed by atoms with van der Waals surface area (Å²) in [6.07, 6.45) is 4.83. The molecule has 2 aromatic rings. The molecule has 1 amide bonds. The second-order valence-electron chi connectivity index (χ2n) is 6.25. The zero-order valence-electron chi connectivity index (χ0n) is 14.0. The minimum Gasteiger partial charge on any atom is -0.488 e. The molecule has 0 radical (unpaired) electrons. The van der Waals surface area contributed by atoms with Crippen LogP contribution in [0.15, 0.2) is 30.5 Å². The average Bonchev–Trinajstić information content (AvgIpc) is 2.91. The molecular weight excluding hydrogens is 306 g/mol. The molecule has 0 saturated heterocycles. The molecule has 1 aromatic heterocycles. The molecule has 1 aromatic carbocycles. The number of nitrogens with zero attached hydrogens (tertiary/aromatic N) is 2. The first kappa shape index (κ1) is 16.5. The second-order valence-corrected chi connectivity index (χ2v) is 6.25. The summed E-state index contributed by atoms with van der Waals surface area (Å²) < 4.78 is 7.53. The van der Waals surface area contributed by atoms with Gasteiger partial charge in [0.05, 0.1) is 17.9 Å². The molecule has 0 aliphatic heterocycles. The Kier molecular flexibility index (Phi) is 4.85. The normalized spacial score (nSPS) is 20.6. The predicted molar refractivity (Wildman–Crippen MR) is 91.2 cm³/mol. The molecule has 24 heavy (non-hydrogen) atoms. The van der Waals surface area contributed by atoms with E-state index in [-0.39, 0.29) is 12.0 Å². The van der Waals surface area contributed by atoms with Gasteiger partial charge in [0.15, 0.2) is 0 Å². The van der Waals surface area contributed by atoms with Gasteiger partial charge in [-0.3, -0.25) is 9.48 Å². The summed E-state index contributed by atoms with van der Waals surface area (Å²) in [5.41, 5.74) is 2.07. The summed E-state index contributed by atoms with van der Waals surface area (Å²) in [5, 5.41) is 16.9. The van der Waals surface area contributed by atoms with E-state index in [1.165, 1.54) is 0 Å². The van der Waals surface area contributed by atoms with Crippen LogP contribution in [0.1, 0.15) is 41.7 Å². The number of carbonyl (C=O) groups excluding carboxylic acids is 1. The molecule has 2 N–H and O–H groups in total. The van der Waals surface area contributed by atoms with Gasteiger partial charge in [-0.15, -0.1) is 0 Å². The van der Waals surface area contributed by atoms with Crippen molar-refractivity contribution in [3.05, 3.63) is 41.7 Å². The van der Waals surface area contributed by atoms with E-state index in [2.05, 4.69) is 10.4 Å². The third kappa shape index (κ3) is 3.59. The Balaban J connectivity index is 1.62. The van der Waals surface area contributed by atoms with Gasteiger partial charge in [0.2, 0.25) is 0 Å². The molecule has 1 fully saturated rings. The second kappa shape index (κ2) is 7.05. The van der Waals surface area contributed by atoms with Crippen LogP contribution in [0.2, 0.25) is 0 Å². The van der Waals surface area contributed by atoms with Gasteiger partial charge in [0.25, 0.3) is 5.91 Å². The van der Waals surface area contributed by atoms with Crippen molar-refractivity contribution in [2.75, 3.05) is 5.32 Å². The van der Waals surface area contributed by atoms with Crippen molar-refractivity contribution in [2.24, 2.45) is 7.05 Å². The fourth-order valence-corrected chi connectivity index (χ4v) is 2.93. The van der Waals surface area contributed by atoms with Crippen LogP contribution in [0.5, 0.6) is 5.75 Å². The van der Waals surface area contributed by atoms with E-state index < -0.39 is 6.10 Å². The number of aliphatic hydroxyl groups excluding tert-OH is 1. The molecule has 1 saturated carbocycles. The van der Waals surface area contributed by atoms with Crippen LogP contribution >= 0.6 is 0 Å². The fourth-order valence-electron chi connectivity index (χ4n) is 2.93. The van der Waals surface area contributed by atoms with Crippen molar-refractivity contribution in [3.8, 4) is 5.75 Å². The van der Waals surface area contributed by atoms with E-state index in [1.807, 2.05) is 19.1 Å². The average molecular weight is 329 g/mol. The van der Waals surface area contributed by atoms with Gasteiger partial charge in [-0.25, -0.2) is 0 Å². The van der Waals surface area contributed by atoms with Crippen molar-refractivity contribution in [3.63, 3.8) is 0 Å². The summed E-state index contributed by atoms with van der Waals surface area (Å²) in [6.45, 7) is 1.86. The summed E-state index contributed by atoms with van der Waals surface area (Å²) in [7, 11) is 1.80. The summed E-state index contributed by atoms with van der Waals surface area (Å²) in [4.78, 5) is 12.3. The van der Waals surface area contributed by atoms with Crippen molar-refractivity contribution < 1.29 is 14.6 Å². The molecule has 6 nitrogen and oxygen atoms in total. The number of amides is 1. The summed E-state index contributed by atoms with van der Waals surface area (Å²) >= 11 is 0. The number of aliphatic hydroxyl groups is 1. The first-order valence-corrected chi connectivity index (χ1v) is 8.29. The van der Waals surface area contributed by atoms with Gasteiger partial charge in [0.1, 0.15) is 11.9 Å². The molecular formula is C18H23N3O3. The lowest BCUT2D eigenvalue weighted by Gasteiger charge is -2.28. The molecule has 2 atom stereocenters. The molecule has 1 heterocycles. The minimum atomic E-state index is -0.397. The third-order valence-corrected chi connectivity index (χ3v) is 4.55. The molecule has 3 rings (SSSR count). The van der Waals surface area contributed by atoms with Gasteiger partial charge >= 0.3 is 0 Å². The number of aromatic nitrogens is 2.